The van der Waals surface area contributed by atoms with Crippen molar-refractivity contribution < 1.29 is 4.74 Å². The first kappa shape index (κ1) is 16.9. The lowest BCUT2D eigenvalue weighted by Crippen LogP contribution is -2.49. The van der Waals surface area contributed by atoms with Crippen LogP contribution in [0.15, 0.2) is 42.5 Å². The number of ether oxygens (including phenoxy) is 1. The summed E-state index contributed by atoms with van der Waals surface area (Å²) >= 11 is 6.12. The zero-order chi connectivity index (χ0) is 17.3. The molecular formula is C21H25ClN2O. The number of fused-ring (bicyclic) bond motifs is 1. The molecule has 25 heavy (non-hydrogen) atoms. The molecule has 3 nitrogen and oxygen atoms in total. The molecule has 0 amide bonds. The van der Waals surface area contributed by atoms with Crippen LogP contribution < -0.4 is 15.8 Å². The van der Waals surface area contributed by atoms with E-state index in [-0.39, 0.29) is 5.41 Å². The van der Waals surface area contributed by atoms with E-state index in [2.05, 4.69) is 35.6 Å². The summed E-state index contributed by atoms with van der Waals surface area (Å²) in [5.41, 5.74) is 9.95. The quantitative estimate of drug-likeness (QED) is 0.851. The Kier molecular flexibility index (Phi) is 4.72. The van der Waals surface area contributed by atoms with E-state index in [1.807, 2.05) is 12.1 Å². The third-order valence-corrected chi connectivity index (χ3v) is 6.03. The average Bonchev–Trinajstić information content (AvgIpc) is 2.61. The Morgan fingerprint density at radius 2 is 1.96 bits per heavy atom. The Bertz CT molecular complexity index is 740. The highest BCUT2D eigenvalue weighted by molar-refractivity contribution is 6.30. The van der Waals surface area contributed by atoms with E-state index >= 15 is 0 Å². The largest absolute Gasteiger partial charge is 0.492 e. The van der Waals surface area contributed by atoms with Gasteiger partial charge in [0, 0.05) is 23.0 Å². The van der Waals surface area contributed by atoms with Crippen LogP contribution in [0.2, 0.25) is 5.02 Å². The SMILES string of the molecule is NCCOc1ccc2c(c1)C(C1(c3ccc(Cl)cc3)CCC1)NCC2. The standard InChI is InChI=1S/C21H25ClN2O/c22-17-5-3-16(4-6-17)21(9-1-10-21)20-19-14-18(25-13-11-23)7-2-15(19)8-12-24-20/h2-7,14,20,24H,1,8-13,23H2. The molecule has 3 N–H and O–H groups in total. The monoisotopic (exact) mass is 356 g/mol. The summed E-state index contributed by atoms with van der Waals surface area (Å²) in [5, 5.41) is 4.60. The number of rotatable bonds is 5. The van der Waals surface area contributed by atoms with Gasteiger partial charge >= 0.3 is 0 Å². The molecule has 132 valence electrons. The van der Waals surface area contributed by atoms with Gasteiger partial charge in [0.15, 0.2) is 0 Å². The fourth-order valence-electron chi connectivity index (χ4n) is 4.37. The summed E-state index contributed by atoms with van der Waals surface area (Å²) in [6, 6.07) is 15.3. The molecule has 0 bridgehead atoms. The van der Waals surface area contributed by atoms with Crippen LogP contribution >= 0.6 is 11.6 Å². The number of halogens is 1. The van der Waals surface area contributed by atoms with Crippen LogP contribution in [0.1, 0.15) is 42.0 Å². The van der Waals surface area contributed by atoms with Crippen LogP contribution in [0.25, 0.3) is 0 Å². The zero-order valence-corrected chi connectivity index (χ0v) is 15.2. The topological polar surface area (TPSA) is 47.3 Å². The Balaban J connectivity index is 1.72. The lowest BCUT2D eigenvalue weighted by molar-refractivity contribution is 0.164. The molecule has 0 radical (unpaired) electrons. The van der Waals surface area contributed by atoms with E-state index in [0.717, 1.165) is 23.7 Å². The Labute approximate surface area is 154 Å². The summed E-state index contributed by atoms with van der Waals surface area (Å²) in [5.74, 6) is 0.920. The van der Waals surface area contributed by atoms with Crippen LogP contribution in [0.3, 0.4) is 0 Å². The van der Waals surface area contributed by atoms with Gasteiger partial charge in [0.2, 0.25) is 0 Å². The third kappa shape index (κ3) is 3.05. The van der Waals surface area contributed by atoms with Gasteiger partial charge in [-0.05, 0) is 66.8 Å². The van der Waals surface area contributed by atoms with E-state index in [0.29, 0.717) is 19.2 Å². The molecule has 1 aliphatic heterocycles. The highest BCUT2D eigenvalue weighted by Crippen LogP contribution is 2.53. The van der Waals surface area contributed by atoms with Crippen molar-refractivity contribution >= 4 is 11.6 Å². The van der Waals surface area contributed by atoms with Crippen molar-refractivity contribution in [3.63, 3.8) is 0 Å². The maximum absolute atomic E-state index is 6.12. The smallest absolute Gasteiger partial charge is 0.119 e. The van der Waals surface area contributed by atoms with Gasteiger partial charge in [-0.3, -0.25) is 0 Å². The van der Waals surface area contributed by atoms with Crippen LogP contribution in [-0.2, 0) is 11.8 Å². The lowest BCUT2D eigenvalue weighted by Gasteiger charge is -2.50. The van der Waals surface area contributed by atoms with Crippen molar-refractivity contribution in [2.45, 2.75) is 37.1 Å². The molecule has 4 heteroatoms. The van der Waals surface area contributed by atoms with Crippen molar-refractivity contribution in [3.05, 3.63) is 64.2 Å². The molecule has 0 saturated heterocycles. The summed E-state index contributed by atoms with van der Waals surface area (Å²) < 4.78 is 5.79. The summed E-state index contributed by atoms with van der Waals surface area (Å²) in [6.45, 7) is 2.11. The molecule has 2 aromatic carbocycles. The van der Waals surface area contributed by atoms with E-state index in [1.54, 1.807) is 0 Å². The first-order valence-corrected chi connectivity index (χ1v) is 9.56. The molecule has 4 rings (SSSR count). The number of hydrogen-bond acceptors (Lipinski definition) is 3. The zero-order valence-electron chi connectivity index (χ0n) is 14.4. The number of nitrogens with two attached hydrogens (primary N) is 1. The van der Waals surface area contributed by atoms with Gasteiger partial charge in [-0.2, -0.15) is 0 Å². The molecule has 1 atom stereocenters. The summed E-state index contributed by atoms with van der Waals surface area (Å²) in [6.07, 6.45) is 4.76. The fourth-order valence-corrected chi connectivity index (χ4v) is 4.50. The molecule has 1 unspecified atom stereocenters. The predicted octanol–water partition coefficient (Wildman–Crippen LogP) is 3.99. The highest BCUT2D eigenvalue weighted by Gasteiger charge is 2.47. The van der Waals surface area contributed by atoms with Gasteiger partial charge in [-0.15, -0.1) is 0 Å². The van der Waals surface area contributed by atoms with Gasteiger partial charge < -0.3 is 15.8 Å². The number of nitrogens with one attached hydrogen (secondary N) is 1. The number of benzene rings is 2. The summed E-state index contributed by atoms with van der Waals surface area (Å²) in [4.78, 5) is 0. The van der Waals surface area contributed by atoms with E-state index in [9.17, 15) is 0 Å². The van der Waals surface area contributed by atoms with Gasteiger partial charge in [0.25, 0.3) is 0 Å². The second-order valence-electron chi connectivity index (χ2n) is 7.15. The maximum Gasteiger partial charge on any atom is 0.119 e. The van der Waals surface area contributed by atoms with Gasteiger partial charge in [-0.1, -0.05) is 36.2 Å². The molecule has 2 aromatic rings. The van der Waals surface area contributed by atoms with Crippen molar-refractivity contribution in [1.29, 1.82) is 0 Å². The summed E-state index contributed by atoms with van der Waals surface area (Å²) in [7, 11) is 0. The molecule has 2 aliphatic rings. The molecule has 1 saturated carbocycles. The van der Waals surface area contributed by atoms with Crippen molar-refractivity contribution in [2.75, 3.05) is 19.7 Å². The van der Waals surface area contributed by atoms with Crippen LogP contribution in [-0.4, -0.2) is 19.7 Å². The van der Waals surface area contributed by atoms with Crippen LogP contribution in [0, 0.1) is 0 Å². The van der Waals surface area contributed by atoms with Gasteiger partial charge in [0.1, 0.15) is 12.4 Å². The third-order valence-electron chi connectivity index (χ3n) is 5.78. The molecule has 0 spiro atoms. The van der Waals surface area contributed by atoms with Gasteiger partial charge in [0.05, 0.1) is 0 Å². The minimum atomic E-state index is 0.159. The molecule has 1 heterocycles. The predicted molar refractivity (Wildman–Crippen MR) is 102 cm³/mol. The first-order valence-electron chi connectivity index (χ1n) is 9.18. The Morgan fingerprint density at radius 3 is 2.64 bits per heavy atom. The lowest BCUT2D eigenvalue weighted by atomic mass is 9.58. The normalized spacial score (nSPS) is 21.3. The minimum Gasteiger partial charge on any atom is -0.492 e. The maximum atomic E-state index is 6.12. The Morgan fingerprint density at radius 1 is 1.16 bits per heavy atom. The molecule has 1 aliphatic carbocycles. The van der Waals surface area contributed by atoms with Crippen molar-refractivity contribution in [1.82, 2.24) is 5.32 Å². The second kappa shape index (κ2) is 6.99. The van der Waals surface area contributed by atoms with Crippen molar-refractivity contribution in [2.24, 2.45) is 5.73 Å². The second-order valence-corrected chi connectivity index (χ2v) is 7.59. The number of hydrogen-bond donors (Lipinski definition) is 2. The van der Waals surface area contributed by atoms with Crippen molar-refractivity contribution in [3.8, 4) is 5.75 Å². The fraction of sp³-hybridized carbons (Fsp3) is 0.429. The molecule has 1 fully saturated rings. The van der Waals surface area contributed by atoms with E-state index in [1.165, 1.54) is 36.0 Å². The van der Waals surface area contributed by atoms with E-state index < -0.39 is 0 Å². The average molecular weight is 357 g/mol. The van der Waals surface area contributed by atoms with Crippen LogP contribution in [0.4, 0.5) is 0 Å². The highest BCUT2D eigenvalue weighted by atomic mass is 35.5. The first-order chi connectivity index (χ1) is 12.2. The molecular weight excluding hydrogens is 332 g/mol. The molecule has 0 aromatic heterocycles. The van der Waals surface area contributed by atoms with Crippen LogP contribution in [0.5, 0.6) is 5.75 Å². The van der Waals surface area contributed by atoms with Gasteiger partial charge in [-0.25, -0.2) is 0 Å². The van der Waals surface area contributed by atoms with E-state index in [4.69, 9.17) is 22.1 Å². The Hall–Kier alpha value is -1.55. The minimum absolute atomic E-state index is 0.159.